The zero-order chi connectivity index (χ0) is 8.27. The molecule has 1 atom stereocenters. The quantitative estimate of drug-likeness (QED) is 0.605. The lowest BCUT2D eigenvalue weighted by molar-refractivity contribution is 0.305. The highest BCUT2D eigenvalue weighted by Gasteiger charge is 2.17. The Labute approximate surface area is 70.8 Å². The molecule has 1 heterocycles. The molecule has 0 aromatic heterocycles. The molecule has 0 aliphatic carbocycles. The Bertz CT molecular complexity index is 109. The van der Waals surface area contributed by atoms with E-state index in [1.165, 1.54) is 32.5 Å². The van der Waals surface area contributed by atoms with Crippen molar-refractivity contribution in [1.29, 1.82) is 0 Å². The summed E-state index contributed by atoms with van der Waals surface area (Å²) < 4.78 is 0. The average Bonchev–Trinajstić information content (AvgIpc) is 2.31. The summed E-state index contributed by atoms with van der Waals surface area (Å²) in [5.41, 5.74) is 0. The van der Waals surface area contributed by atoms with Crippen molar-refractivity contribution in [1.82, 2.24) is 4.90 Å². The number of hydrogen-bond acceptors (Lipinski definition) is 1. The van der Waals surface area contributed by atoms with E-state index in [-0.39, 0.29) is 0 Å². The van der Waals surface area contributed by atoms with Crippen LogP contribution in [0.1, 0.15) is 33.6 Å². The second-order valence-corrected chi connectivity index (χ2v) is 4.38. The van der Waals surface area contributed by atoms with Crippen molar-refractivity contribution in [2.45, 2.75) is 33.6 Å². The van der Waals surface area contributed by atoms with Gasteiger partial charge in [0, 0.05) is 6.54 Å². The lowest BCUT2D eigenvalue weighted by Crippen LogP contribution is -2.22. The van der Waals surface area contributed by atoms with E-state index in [9.17, 15) is 0 Å². The number of rotatable bonds is 3. The van der Waals surface area contributed by atoms with Gasteiger partial charge < -0.3 is 4.90 Å². The Morgan fingerprint density at radius 3 is 2.64 bits per heavy atom. The molecule has 0 radical (unpaired) electrons. The molecule has 1 saturated heterocycles. The minimum absolute atomic E-state index is 0.867. The first-order valence-corrected chi connectivity index (χ1v) is 4.91. The summed E-state index contributed by atoms with van der Waals surface area (Å²) in [7, 11) is 0. The Morgan fingerprint density at radius 2 is 2.18 bits per heavy atom. The maximum absolute atomic E-state index is 2.60. The van der Waals surface area contributed by atoms with Gasteiger partial charge in [0.25, 0.3) is 0 Å². The highest BCUT2D eigenvalue weighted by atomic mass is 15.1. The third-order valence-electron chi connectivity index (χ3n) is 2.53. The minimum Gasteiger partial charge on any atom is -0.303 e. The Balaban J connectivity index is 2.08. The van der Waals surface area contributed by atoms with E-state index in [1.54, 1.807) is 0 Å². The first-order valence-electron chi connectivity index (χ1n) is 4.91. The van der Waals surface area contributed by atoms with E-state index in [4.69, 9.17) is 0 Å². The average molecular weight is 155 g/mol. The molecule has 0 aromatic rings. The molecule has 1 rings (SSSR count). The van der Waals surface area contributed by atoms with Gasteiger partial charge in [0.1, 0.15) is 0 Å². The number of nitrogens with zero attached hydrogens (tertiary/aromatic N) is 1. The van der Waals surface area contributed by atoms with E-state index < -0.39 is 0 Å². The van der Waals surface area contributed by atoms with Gasteiger partial charge in [-0.3, -0.25) is 0 Å². The van der Waals surface area contributed by atoms with Crippen molar-refractivity contribution in [3.63, 3.8) is 0 Å². The van der Waals surface area contributed by atoms with Crippen LogP contribution in [-0.2, 0) is 0 Å². The molecule has 1 heteroatoms. The van der Waals surface area contributed by atoms with Gasteiger partial charge in [0.2, 0.25) is 0 Å². The summed E-state index contributed by atoms with van der Waals surface area (Å²) >= 11 is 0. The highest BCUT2D eigenvalue weighted by Crippen LogP contribution is 2.15. The normalized spacial score (nSPS) is 26.7. The summed E-state index contributed by atoms with van der Waals surface area (Å²) in [6.07, 6.45) is 2.78. The molecule has 0 N–H and O–H groups in total. The van der Waals surface area contributed by atoms with Gasteiger partial charge in [-0.2, -0.15) is 0 Å². The summed E-state index contributed by atoms with van der Waals surface area (Å²) in [4.78, 5) is 2.60. The SMILES string of the molecule is CC(C)CCN1CC[C@H](C)C1. The van der Waals surface area contributed by atoms with Crippen LogP contribution in [0.5, 0.6) is 0 Å². The first-order chi connectivity index (χ1) is 5.18. The van der Waals surface area contributed by atoms with E-state index in [0.717, 1.165) is 11.8 Å². The standard InChI is InChI=1S/C10H21N/c1-9(2)4-6-11-7-5-10(3)8-11/h9-10H,4-8H2,1-3H3/t10-/m0/s1. The van der Waals surface area contributed by atoms with Crippen LogP contribution < -0.4 is 0 Å². The molecule has 66 valence electrons. The van der Waals surface area contributed by atoms with Gasteiger partial charge in [-0.25, -0.2) is 0 Å². The highest BCUT2D eigenvalue weighted by molar-refractivity contribution is 4.72. The zero-order valence-corrected chi connectivity index (χ0v) is 8.14. The molecule has 0 aromatic carbocycles. The lowest BCUT2D eigenvalue weighted by Gasteiger charge is -2.16. The predicted octanol–water partition coefficient (Wildman–Crippen LogP) is 2.37. The lowest BCUT2D eigenvalue weighted by atomic mass is 10.1. The van der Waals surface area contributed by atoms with Crippen molar-refractivity contribution >= 4 is 0 Å². The fourth-order valence-corrected chi connectivity index (χ4v) is 1.67. The molecule has 1 nitrogen and oxygen atoms in total. The monoisotopic (exact) mass is 155 g/mol. The van der Waals surface area contributed by atoms with Gasteiger partial charge in [-0.1, -0.05) is 20.8 Å². The second kappa shape index (κ2) is 4.10. The van der Waals surface area contributed by atoms with Crippen molar-refractivity contribution in [2.24, 2.45) is 11.8 Å². The molecule has 1 aliphatic rings. The van der Waals surface area contributed by atoms with Crippen molar-refractivity contribution in [3.05, 3.63) is 0 Å². The largest absolute Gasteiger partial charge is 0.303 e. The van der Waals surface area contributed by atoms with Crippen LogP contribution in [0.25, 0.3) is 0 Å². The van der Waals surface area contributed by atoms with Crippen LogP contribution >= 0.6 is 0 Å². The van der Waals surface area contributed by atoms with Gasteiger partial charge in [0.05, 0.1) is 0 Å². The van der Waals surface area contributed by atoms with E-state index in [1.807, 2.05) is 0 Å². The van der Waals surface area contributed by atoms with Crippen LogP contribution in [0.2, 0.25) is 0 Å². The summed E-state index contributed by atoms with van der Waals surface area (Å²) in [5.74, 6) is 1.81. The van der Waals surface area contributed by atoms with Crippen LogP contribution in [0.15, 0.2) is 0 Å². The molecule has 1 fully saturated rings. The van der Waals surface area contributed by atoms with Gasteiger partial charge in [0.15, 0.2) is 0 Å². The first kappa shape index (κ1) is 9.05. The molecule has 1 aliphatic heterocycles. The van der Waals surface area contributed by atoms with Crippen LogP contribution in [0, 0.1) is 11.8 Å². The third kappa shape index (κ3) is 3.24. The Kier molecular flexibility index (Phi) is 3.38. The summed E-state index contributed by atoms with van der Waals surface area (Å²) in [5, 5.41) is 0. The molecule has 11 heavy (non-hydrogen) atoms. The predicted molar refractivity (Wildman–Crippen MR) is 49.7 cm³/mol. The molecular weight excluding hydrogens is 134 g/mol. The molecular formula is C10H21N. The topological polar surface area (TPSA) is 3.24 Å². The zero-order valence-electron chi connectivity index (χ0n) is 8.14. The molecule has 0 amide bonds. The van der Waals surface area contributed by atoms with Crippen LogP contribution in [0.4, 0.5) is 0 Å². The van der Waals surface area contributed by atoms with Gasteiger partial charge >= 0.3 is 0 Å². The Hall–Kier alpha value is -0.0400. The fourth-order valence-electron chi connectivity index (χ4n) is 1.67. The molecule has 0 unspecified atom stereocenters. The Morgan fingerprint density at radius 1 is 1.45 bits per heavy atom. The fraction of sp³-hybridized carbons (Fsp3) is 1.00. The smallest absolute Gasteiger partial charge is 0.000750 e. The summed E-state index contributed by atoms with van der Waals surface area (Å²) in [6, 6.07) is 0. The molecule has 0 bridgehead atoms. The van der Waals surface area contributed by atoms with E-state index in [0.29, 0.717) is 0 Å². The summed E-state index contributed by atoms with van der Waals surface area (Å²) in [6.45, 7) is 11.0. The van der Waals surface area contributed by atoms with Gasteiger partial charge in [-0.05, 0) is 37.8 Å². The molecule has 0 spiro atoms. The number of likely N-dealkylation sites (tertiary alicyclic amines) is 1. The van der Waals surface area contributed by atoms with Crippen LogP contribution in [0.3, 0.4) is 0 Å². The maximum atomic E-state index is 2.60. The van der Waals surface area contributed by atoms with Crippen molar-refractivity contribution < 1.29 is 0 Å². The van der Waals surface area contributed by atoms with Crippen molar-refractivity contribution in [2.75, 3.05) is 19.6 Å². The maximum Gasteiger partial charge on any atom is 0.000750 e. The van der Waals surface area contributed by atoms with E-state index in [2.05, 4.69) is 25.7 Å². The number of hydrogen-bond donors (Lipinski definition) is 0. The van der Waals surface area contributed by atoms with Gasteiger partial charge in [-0.15, -0.1) is 0 Å². The second-order valence-electron chi connectivity index (χ2n) is 4.38. The minimum atomic E-state index is 0.867. The van der Waals surface area contributed by atoms with Crippen molar-refractivity contribution in [3.8, 4) is 0 Å². The third-order valence-corrected chi connectivity index (χ3v) is 2.53. The molecule has 0 saturated carbocycles. The van der Waals surface area contributed by atoms with Crippen LogP contribution in [-0.4, -0.2) is 24.5 Å². The van der Waals surface area contributed by atoms with E-state index >= 15 is 0 Å².